The fourth-order valence-corrected chi connectivity index (χ4v) is 7.55. The van der Waals surface area contributed by atoms with Crippen molar-refractivity contribution in [3.05, 3.63) is 12.2 Å². The molecule has 0 radical (unpaired) electrons. The third kappa shape index (κ3) is 3.00. The highest BCUT2D eigenvalue weighted by molar-refractivity contribution is 6.41. The Morgan fingerprint density at radius 3 is 2.23 bits per heavy atom. The Kier molecular flexibility index (Phi) is 4.98. The number of rotatable bonds is 3. The maximum Gasteiger partial charge on any atom is 0.228 e. The maximum atomic E-state index is 13.7. The van der Waals surface area contributed by atoms with E-state index >= 15 is 0 Å². The monoisotopic (exact) mass is 492 g/mol. The van der Waals surface area contributed by atoms with Crippen molar-refractivity contribution in [1.29, 1.82) is 0 Å². The number of epoxide rings is 1. The van der Waals surface area contributed by atoms with E-state index in [1.807, 2.05) is 33.8 Å². The van der Waals surface area contributed by atoms with Crippen LogP contribution in [0.15, 0.2) is 12.2 Å². The van der Waals surface area contributed by atoms with E-state index in [0.717, 1.165) is 0 Å². The lowest BCUT2D eigenvalue weighted by Crippen LogP contribution is -2.67. The van der Waals surface area contributed by atoms with Gasteiger partial charge in [0.1, 0.15) is 17.8 Å². The van der Waals surface area contributed by atoms with E-state index in [4.69, 9.17) is 33.2 Å². The highest BCUT2D eigenvalue weighted by Crippen LogP contribution is 2.67. The van der Waals surface area contributed by atoms with E-state index in [-0.39, 0.29) is 30.1 Å². The lowest BCUT2D eigenvalue weighted by atomic mass is 9.52. The molecule has 9 nitrogen and oxygen atoms in total. The zero-order chi connectivity index (χ0) is 25.2. The summed E-state index contributed by atoms with van der Waals surface area (Å²) < 4.78 is 43.1. The number of carbonyl (C=O) groups excluding carboxylic acids is 2. The number of fused-ring (bicyclic) bond motifs is 10. The minimum absolute atomic E-state index is 0.0962. The van der Waals surface area contributed by atoms with Gasteiger partial charge in [-0.15, -0.1) is 0 Å². The number of hydrogen-bond acceptors (Lipinski definition) is 9. The highest BCUT2D eigenvalue weighted by Gasteiger charge is 2.80. The van der Waals surface area contributed by atoms with Crippen molar-refractivity contribution in [3.8, 4) is 0 Å². The van der Waals surface area contributed by atoms with E-state index in [1.165, 1.54) is 0 Å². The first-order valence-electron chi connectivity index (χ1n) is 12.6. The van der Waals surface area contributed by atoms with Gasteiger partial charge in [0.2, 0.25) is 11.6 Å². The molecule has 0 amide bonds. The average molecular weight is 493 g/mol. The second-order valence-corrected chi connectivity index (χ2v) is 12.2. The molecule has 0 aromatic carbocycles. The first-order chi connectivity index (χ1) is 16.3. The SMILES string of the molecule is CO[C@]1(/C=C/C2(C)OCCO2)[C@H]2O[C@@H](C(=O)C(=O)C1(C)C)[C@@]1(C)[C@@H]2[C@@H]2COC(C)(C)O[C@H]2[C@H]2O[C@H]21. The molecule has 35 heavy (non-hydrogen) atoms. The molecule has 0 spiro atoms. The van der Waals surface area contributed by atoms with Crippen LogP contribution in [0.4, 0.5) is 0 Å². The summed E-state index contributed by atoms with van der Waals surface area (Å²) in [6.45, 7) is 12.5. The van der Waals surface area contributed by atoms with Crippen molar-refractivity contribution in [2.45, 2.75) is 89.2 Å². The number of ether oxygens (including phenoxy) is 7. The number of hydrogen-bond donors (Lipinski definition) is 0. The van der Waals surface area contributed by atoms with Crippen LogP contribution in [-0.2, 0) is 42.7 Å². The van der Waals surface area contributed by atoms with Crippen molar-refractivity contribution >= 4 is 11.6 Å². The molecule has 6 fully saturated rings. The molecule has 6 rings (SSSR count). The quantitative estimate of drug-likeness (QED) is 0.332. The largest absolute Gasteiger partial charge is 0.370 e. The average Bonchev–Trinajstić information content (AvgIpc) is 3.42. The Bertz CT molecular complexity index is 981. The Hall–Kier alpha value is -1.20. The third-order valence-electron chi connectivity index (χ3n) is 9.54. The Morgan fingerprint density at radius 2 is 1.57 bits per heavy atom. The van der Waals surface area contributed by atoms with Crippen LogP contribution in [0.5, 0.6) is 0 Å². The van der Waals surface area contributed by atoms with Gasteiger partial charge in [-0.3, -0.25) is 9.59 Å². The van der Waals surface area contributed by atoms with Crippen molar-refractivity contribution in [1.82, 2.24) is 0 Å². The van der Waals surface area contributed by atoms with Gasteiger partial charge in [-0.05, 0) is 46.8 Å². The van der Waals surface area contributed by atoms with Crippen LogP contribution in [0.25, 0.3) is 0 Å². The van der Waals surface area contributed by atoms with Crippen molar-refractivity contribution in [2.24, 2.45) is 22.7 Å². The fraction of sp³-hybridized carbons (Fsp3) is 0.846. The predicted molar refractivity (Wildman–Crippen MR) is 120 cm³/mol. The first kappa shape index (κ1) is 24.2. The van der Waals surface area contributed by atoms with Crippen LogP contribution in [0.1, 0.15) is 41.5 Å². The summed E-state index contributed by atoms with van der Waals surface area (Å²) in [5.74, 6) is -3.03. The molecule has 194 valence electrons. The summed E-state index contributed by atoms with van der Waals surface area (Å²) in [7, 11) is 1.57. The smallest absolute Gasteiger partial charge is 0.228 e. The molecule has 6 aliphatic rings. The van der Waals surface area contributed by atoms with E-state index in [1.54, 1.807) is 27.0 Å². The lowest BCUT2D eigenvalue weighted by Gasteiger charge is -2.54. The van der Waals surface area contributed by atoms with Gasteiger partial charge in [-0.2, -0.15) is 0 Å². The summed E-state index contributed by atoms with van der Waals surface area (Å²) in [5, 5.41) is 0. The van der Waals surface area contributed by atoms with E-state index in [9.17, 15) is 9.59 Å². The Labute approximate surface area is 205 Å². The van der Waals surface area contributed by atoms with Crippen molar-refractivity contribution in [3.63, 3.8) is 0 Å². The lowest BCUT2D eigenvalue weighted by molar-refractivity contribution is -0.312. The Morgan fingerprint density at radius 1 is 0.886 bits per heavy atom. The fourth-order valence-electron chi connectivity index (χ4n) is 7.55. The molecule has 9 atom stereocenters. The summed E-state index contributed by atoms with van der Waals surface area (Å²) in [6, 6.07) is 0. The molecule has 5 saturated heterocycles. The van der Waals surface area contributed by atoms with E-state index in [2.05, 4.69) is 0 Å². The molecule has 0 aromatic heterocycles. The molecule has 0 unspecified atom stereocenters. The molecule has 1 aliphatic carbocycles. The first-order valence-corrected chi connectivity index (χ1v) is 12.6. The van der Waals surface area contributed by atoms with Gasteiger partial charge in [0.15, 0.2) is 11.6 Å². The molecule has 9 heteroatoms. The van der Waals surface area contributed by atoms with Gasteiger partial charge >= 0.3 is 0 Å². The van der Waals surface area contributed by atoms with E-state index in [0.29, 0.717) is 19.8 Å². The van der Waals surface area contributed by atoms with Crippen molar-refractivity contribution in [2.75, 3.05) is 26.9 Å². The number of methoxy groups -OCH3 is 1. The molecule has 5 aliphatic heterocycles. The van der Waals surface area contributed by atoms with Crippen LogP contribution in [0.2, 0.25) is 0 Å². The summed E-state index contributed by atoms with van der Waals surface area (Å²) in [6.07, 6.45) is 1.47. The minimum atomic E-state index is -1.27. The zero-order valence-electron chi connectivity index (χ0n) is 21.5. The number of Topliss-reactive ketones (excluding diaryl/α,β-unsaturated/α-hetero) is 2. The third-order valence-corrected chi connectivity index (χ3v) is 9.54. The van der Waals surface area contributed by atoms with Gasteiger partial charge in [-0.25, -0.2) is 0 Å². The summed E-state index contributed by atoms with van der Waals surface area (Å²) in [5.41, 5.74) is -3.19. The molecule has 0 N–H and O–H groups in total. The summed E-state index contributed by atoms with van der Waals surface area (Å²) in [4.78, 5) is 27.4. The maximum absolute atomic E-state index is 13.7. The molecular weight excluding hydrogens is 456 g/mol. The van der Waals surface area contributed by atoms with Crippen LogP contribution < -0.4 is 0 Å². The van der Waals surface area contributed by atoms with Gasteiger partial charge in [0, 0.05) is 24.4 Å². The Balaban J connectivity index is 1.51. The molecular formula is C26H36O9. The summed E-state index contributed by atoms with van der Waals surface area (Å²) >= 11 is 0. The van der Waals surface area contributed by atoms with E-state index < -0.39 is 51.8 Å². The highest BCUT2D eigenvalue weighted by atomic mass is 16.7. The van der Waals surface area contributed by atoms with Gasteiger partial charge in [0.05, 0.1) is 43.5 Å². The molecule has 5 heterocycles. The van der Waals surface area contributed by atoms with Gasteiger partial charge < -0.3 is 33.2 Å². The van der Waals surface area contributed by atoms with Crippen LogP contribution >= 0.6 is 0 Å². The van der Waals surface area contributed by atoms with Crippen molar-refractivity contribution < 1.29 is 42.7 Å². The minimum Gasteiger partial charge on any atom is -0.370 e. The predicted octanol–water partition coefficient (Wildman–Crippen LogP) is 1.81. The normalized spacial score (nSPS) is 51.0. The topological polar surface area (TPSA) is 102 Å². The molecule has 1 saturated carbocycles. The zero-order valence-corrected chi connectivity index (χ0v) is 21.5. The van der Waals surface area contributed by atoms with Crippen LogP contribution in [-0.4, -0.2) is 86.2 Å². The molecule has 2 bridgehead atoms. The number of carbonyl (C=O) groups is 2. The second-order valence-electron chi connectivity index (χ2n) is 12.2. The standard InChI is InChI=1S/C26H36O9/c1-22(2)18(28)15(27)20-25(6)14(13-12-32-23(3,4)35-16(13)17-21(25)33-17)19(34-20)26(22,29-7)9-8-24(5)30-10-11-31-24/h8-9,13-14,16-17,19-21H,10-12H2,1-7H3/b9-8+/t13-,14+,16+,17+,19-,20-,21+,25+,26+/m0/s1. The van der Waals surface area contributed by atoms with Crippen LogP contribution in [0.3, 0.4) is 0 Å². The van der Waals surface area contributed by atoms with Crippen LogP contribution in [0, 0.1) is 22.7 Å². The molecule has 0 aromatic rings. The van der Waals surface area contributed by atoms with Gasteiger partial charge in [-0.1, -0.05) is 6.92 Å². The second kappa shape index (κ2) is 7.22. The van der Waals surface area contributed by atoms with Gasteiger partial charge in [0.25, 0.3) is 0 Å². The number of ketones is 2.